The molecule has 3 atom stereocenters. The third-order valence-corrected chi connectivity index (χ3v) is 5.02. The van der Waals surface area contributed by atoms with Gasteiger partial charge in [-0.1, -0.05) is 0 Å². The first-order valence-corrected chi connectivity index (χ1v) is 7.32. The van der Waals surface area contributed by atoms with Gasteiger partial charge in [0.2, 0.25) is 5.91 Å². The predicted octanol–water partition coefficient (Wildman–Crippen LogP) is 0.869. The smallest absolute Gasteiger partial charge is 0.225 e. The molecule has 2 heterocycles. The fourth-order valence-corrected chi connectivity index (χ4v) is 4.06. The molecule has 0 aromatic heterocycles. The van der Waals surface area contributed by atoms with Crippen LogP contribution in [0.3, 0.4) is 0 Å². The number of hydrogen-bond donors (Lipinski definition) is 1. The topological polar surface area (TPSA) is 41.6 Å². The highest BCUT2D eigenvalue weighted by molar-refractivity contribution is 5.79. The maximum absolute atomic E-state index is 12.5. The van der Waals surface area contributed by atoms with Crippen LogP contribution in [0.5, 0.6) is 0 Å². The second-order valence-corrected chi connectivity index (χ2v) is 6.07. The van der Waals surface area contributed by atoms with Gasteiger partial charge >= 0.3 is 0 Å². The van der Waals surface area contributed by atoms with E-state index >= 15 is 0 Å². The monoisotopic (exact) mass is 252 g/mol. The summed E-state index contributed by atoms with van der Waals surface area (Å²) in [7, 11) is 1.82. The number of nitrogens with zero attached hydrogens (tertiary/aromatic N) is 1. The molecule has 1 N–H and O–H groups in total. The van der Waals surface area contributed by atoms with E-state index in [0.717, 1.165) is 39.0 Å². The van der Waals surface area contributed by atoms with Crippen molar-refractivity contribution in [2.45, 2.75) is 31.8 Å². The second kappa shape index (κ2) is 5.17. The van der Waals surface area contributed by atoms with E-state index in [4.69, 9.17) is 4.74 Å². The molecule has 2 saturated heterocycles. The minimum Gasteiger partial charge on any atom is -0.381 e. The summed E-state index contributed by atoms with van der Waals surface area (Å²) in [4.78, 5) is 14.7. The number of methoxy groups -OCH3 is 1. The molecule has 0 radical (unpaired) electrons. The molecule has 1 amide bonds. The number of fused-ring (bicyclic) bond motifs is 2. The SMILES string of the molecule is COC1[C@@H]2CC[C@H]1CN(C(=O)C1CCNCC1)C2. The molecule has 1 unspecified atom stereocenters. The lowest BCUT2D eigenvalue weighted by atomic mass is 9.91. The van der Waals surface area contributed by atoms with E-state index in [1.165, 1.54) is 12.8 Å². The number of carbonyl (C=O) groups is 1. The van der Waals surface area contributed by atoms with E-state index in [9.17, 15) is 4.79 Å². The van der Waals surface area contributed by atoms with Crippen molar-refractivity contribution < 1.29 is 9.53 Å². The van der Waals surface area contributed by atoms with Crippen LogP contribution in [0.15, 0.2) is 0 Å². The Bertz CT molecular complexity index is 301. The van der Waals surface area contributed by atoms with Crippen molar-refractivity contribution in [3.05, 3.63) is 0 Å². The van der Waals surface area contributed by atoms with Gasteiger partial charge in [-0.25, -0.2) is 0 Å². The third-order valence-electron chi connectivity index (χ3n) is 5.02. The van der Waals surface area contributed by atoms with Crippen molar-refractivity contribution in [3.8, 4) is 0 Å². The van der Waals surface area contributed by atoms with Crippen LogP contribution in [0, 0.1) is 17.8 Å². The summed E-state index contributed by atoms with van der Waals surface area (Å²) in [5, 5.41) is 3.33. The Kier molecular flexibility index (Phi) is 3.57. The molecule has 0 aromatic carbocycles. The van der Waals surface area contributed by atoms with Crippen LogP contribution in [0.2, 0.25) is 0 Å². The standard InChI is InChI=1S/C14H24N2O2/c1-18-13-11-2-3-12(13)9-16(8-11)14(17)10-4-6-15-7-5-10/h10-13,15H,2-9H2,1H3/t11-,12+,13?. The van der Waals surface area contributed by atoms with E-state index in [2.05, 4.69) is 10.2 Å². The summed E-state index contributed by atoms with van der Waals surface area (Å²) < 4.78 is 5.60. The van der Waals surface area contributed by atoms with E-state index in [-0.39, 0.29) is 5.92 Å². The Hall–Kier alpha value is -0.610. The number of nitrogens with one attached hydrogen (secondary N) is 1. The van der Waals surface area contributed by atoms with Crippen LogP contribution in [0.25, 0.3) is 0 Å². The molecule has 1 aliphatic carbocycles. The lowest BCUT2D eigenvalue weighted by Crippen LogP contribution is -2.50. The average Bonchev–Trinajstić information content (AvgIpc) is 2.67. The van der Waals surface area contributed by atoms with E-state index < -0.39 is 0 Å². The van der Waals surface area contributed by atoms with Crippen LogP contribution in [-0.4, -0.2) is 50.2 Å². The van der Waals surface area contributed by atoms with Gasteiger partial charge in [0.05, 0.1) is 6.10 Å². The minimum atomic E-state index is 0.268. The van der Waals surface area contributed by atoms with Crippen molar-refractivity contribution in [3.63, 3.8) is 0 Å². The quantitative estimate of drug-likeness (QED) is 0.793. The summed E-state index contributed by atoms with van der Waals surface area (Å²) in [5.74, 6) is 1.84. The molecule has 2 aliphatic heterocycles. The first kappa shape index (κ1) is 12.4. The fourth-order valence-electron chi connectivity index (χ4n) is 4.06. The minimum absolute atomic E-state index is 0.268. The van der Waals surface area contributed by atoms with Crippen molar-refractivity contribution in [2.24, 2.45) is 17.8 Å². The highest BCUT2D eigenvalue weighted by atomic mass is 16.5. The van der Waals surface area contributed by atoms with Crippen LogP contribution >= 0.6 is 0 Å². The van der Waals surface area contributed by atoms with E-state index in [0.29, 0.717) is 23.8 Å². The summed E-state index contributed by atoms with van der Waals surface area (Å²) >= 11 is 0. The van der Waals surface area contributed by atoms with Gasteiger partial charge < -0.3 is 15.0 Å². The summed E-state index contributed by atoms with van der Waals surface area (Å²) in [6.07, 6.45) is 4.90. The number of ether oxygens (including phenoxy) is 1. The van der Waals surface area contributed by atoms with Crippen LogP contribution in [0.1, 0.15) is 25.7 Å². The molecular formula is C14H24N2O2. The Morgan fingerprint density at radius 2 is 1.72 bits per heavy atom. The lowest BCUT2D eigenvalue weighted by Gasteiger charge is -2.39. The molecular weight excluding hydrogens is 228 g/mol. The first-order valence-electron chi connectivity index (χ1n) is 7.32. The Morgan fingerprint density at radius 3 is 2.28 bits per heavy atom. The fraction of sp³-hybridized carbons (Fsp3) is 0.929. The Labute approximate surface area is 109 Å². The molecule has 4 nitrogen and oxygen atoms in total. The molecule has 2 bridgehead atoms. The normalized spacial score (nSPS) is 36.9. The van der Waals surface area contributed by atoms with E-state index in [1.807, 2.05) is 7.11 Å². The number of carbonyl (C=O) groups excluding carboxylic acids is 1. The molecule has 0 spiro atoms. The van der Waals surface area contributed by atoms with Crippen LogP contribution in [0.4, 0.5) is 0 Å². The first-order chi connectivity index (χ1) is 8.79. The maximum Gasteiger partial charge on any atom is 0.225 e. The largest absolute Gasteiger partial charge is 0.381 e. The number of likely N-dealkylation sites (tertiary alicyclic amines) is 1. The molecule has 0 aromatic rings. The van der Waals surface area contributed by atoms with E-state index in [1.54, 1.807) is 0 Å². The average molecular weight is 252 g/mol. The second-order valence-electron chi connectivity index (χ2n) is 6.07. The molecule has 3 rings (SSSR count). The summed E-state index contributed by atoms with van der Waals surface area (Å²) in [5.41, 5.74) is 0. The number of amides is 1. The maximum atomic E-state index is 12.5. The zero-order chi connectivity index (χ0) is 12.5. The highest BCUT2D eigenvalue weighted by Gasteiger charge is 2.44. The van der Waals surface area contributed by atoms with Crippen LogP contribution < -0.4 is 5.32 Å². The van der Waals surface area contributed by atoms with Gasteiger partial charge in [-0.15, -0.1) is 0 Å². The lowest BCUT2D eigenvalue weighted by molar-refractivity contribution is -0.141. The van der Waals surface area contributed by atoms with Gasteiger partial charge in [0.25, 0.3) is 0 Å². The van der Waals surface area contributed by atoms with Gasteiger partial charge in [0.1, 0.15) is 0 Å². The molecule has 4 heteroatoms. The van der Waals surface area contributed by atoms with Crippen molar-refractivity contribution in [2.75, 3.05) is 33.3 Å². The zero-order valence-electron chi connectivity index (χ0n) is 11.2. The Morgan fingerprint density at radius 1 is 1.11 bits per heavy atom. The zero-order valence-corrected chi connectivity index (χ0v) is 11.2. The highest BCUT2D eigenvalue weighted by Crippen LogP contribution is 2.39. The van der Waals surface area contributed by atoms with Gasteiger partial charge in [-0.05, 0) is 38.8 Å². The molecule has 1 saturated carbocycles. The predicted molar refractivity (Wildman–Crippen MR) is 69.2 cm³/mol. The molecule has 18 heavy (non-hydrogen) atoms. The van der Waals surface area contributed by atoms with Crippen LogP contribution in [-0.2, 0) is 9.53 Å². The van der Waals surface area contributed by atoms with Gasteiger partial charge in [0, 0.05) is 38.0 Å². The number of hydrogen-bond acceptors (Lipinski definition) is 3. The molecule has 102 valence electrons. The number of rotatable bonds is 2. The van der Waals surface area contributed by atoms with Gasteiger partial charge in [-0.2, -0.15) is 0 Å². The third kappa shape index (κ3) is 2.16. The van der Waals surface area contributed by atoms with Gasteiger partial charge in [0.15, 0.2) is 0 Å². The molecule has 3 fully saturated rings. The molecule has 3 aliphatic rings. The summed E-state index contributed by atoms with van der Waals surface area (Å²) in [6.45, 7) is 3.85. The van der Waals surface area contributed by atoms with Crippen molar-refractivity contribution >= 4 is 5.91 Å². The van der Waals surface area contributed by atoms with Crippen molar-refractivity contribution in [1.29, 1.82) is 0 Å². The number of piperidine rings is 2. The van der Waals surface area contributed by atoms with Crippen molar-refractivity contribution in [1.82, 2.24) is 10.2 Å². The van der Waals surface area contributed by atoms with Gasteiger partial charge in [-0.3, -0.25) is 4.79 Å². The Balaban J connectivity index is 1.62. The summed E-state index contributed by atoms with van der Waals surface area (Å²) in [6, 6.07) is 0.